The zero-order valence-corrected chi connectivity index (χ0v) is 12.4. The van der Waals surface area contributed by atoms with Crippen molar-refractivity contribution in [2.75, 3.05) is 19.6 Å². The van der Waals surface area contributed by atoms with E-state index in [4.69, 9.17) is 5.26 Å². The molecule has 108 valence electrons. The SMILES string of the molecule is CCN(CC1CCCCN1)C(CC#N)c1ccccc1. The normalized spacial score (nSPS) is 20.6. The number of benzene rings is 1. The van der Waals surface area contributed by atoms with E-state index in [9.17, 15) is 0 Å². The summed E-state index contributed by atoms with van der Waals surface area (Å²) in [4.78, 5) is 2.45. The van der Waals surface area contributed by atoms with Crippen LogP contribution in [0, 0.1) is 11.3 Å². The minimum absolute atomic E-state index is 0.218. The Morgan fingerprint density at radius 1 is 1.35 bits per heavy atom. The van der Waals surface area contributed by atoms with Gasteiger partial charge < -0.3 is 5.32 Å². The number of nitriles is 1. The first-order valence-electron chi connectivity index (χ1n) is 7.74. The van der Waals surface area contributed by atoms with Gasteiger partial charge in [0.05, 0.1) is 12.5 Å². The Bertz CT molecular complexity index is 418. The molecule has 1 heterocycles. The standard InChI is InChI=1S/C17H25N3/c1-2-20(14-16-10-6-7-13-19-16)17(11-12-18)15-8-4-3-5-9-15/h3-5,8-9,16-17,19H,2,6-7,10-11,13-14H2,1H3. The average Bonchev–Trinajstić information content (AvgIpc) is 2.52. The van der Waals surface area contributed by atoms with Gasteiger partial charge in [0.25, 0.3) is 0 Å². The molecule has 0 saturated carbocycles. The van der Waals surface area contributed by atoms with Crippen LogP contribution >= 0.6 is 0 Å². The summed E-state index contributed by atoms with van der Waals surface area (Å²) in [5.74, 6) is 0. The summed E-state index contributed by atoms with van der Waals surface area (Å²) < 4.78 is 0. The summed E-state index contributed by atoms with van der Waals surface area (Å²) in [5, 5.41) is 12.8. The van der Waals surface area contributed by atoms with Crippen LogP contribution in [-0.4, -0.2) is 30.6 Å². The minimum atomic E-state index is 0.218. The van der Waals surface area contributed by atoms with Crippen LogP contribution in [-0.2, 0) is 0 Å². The quantitative estimate of drug-likeness (QED) is 0.864. The fourth-order valence-electron chi connectivity index (χ4n) is 3.06. The van der Waals surface area contributed by atoms with E-state index in [0.29, 0.717) is 12.5 Å². The molecule has 0 bridgehead atoms. The van der Waals surface area contributed by atoms with E-state index in [1.54, 1.807) is 0 Å². The zero-order chi connectivity index (χ0) is 14.2. The van der Waals surface area contributed by atoms with Crippen LogP contribution in [0.5, 0.6) is 0 Å². The van der Waals surface area contributed by atoms with Crippen molar-refractivity contribution in [2.24, 2.45) is 0 Å². The highest BCUT2D eigenvalue weighted by Gasteiger charge is 2.23. The molecular weight excluding hydrogens is 246 g/mol. The Balaban J connectivity index is 2.06. The second-order valence-electron chi connectivity index (χ2n) is 5.52. The summed E-state index contributed by atoms with van der Waals surface area (Å²) in [6.45, 7) is 5.35. The third kappa shape index (κ3) is 4.06. The highest BCUT2D eigenvalue weighted by Crippen LogP contribution is 2.24. The number of hydrogen-bond acceptors (Lipinski definition) is 3. The van der Waals surface area contributed by atoms with Crippen LogP contribution < -0.4 is 5.32 Å². The lowest BCUT2D eigenvalue weighted by atomic mass is 9.99. The summed E-state index contributed by atoms with van der Waals surface area (Å²) in [5.41, 5.74) is 1.26. The second-order valence-corrected chi connectivity index (χ2v) is 5.52. The van der Waals surface area contributed by atoms with E-state index in [1.165, 1.54) is 24.8 Å². The number of likely N-dealkylation sites (N-methyl/N-ethyl adjacent to an activating group) is 1. The minimum Gasteiger partial charge on any atom is -0.313 e. The fourth-order valence-corrected chi connectivity index (χ4v) is 3.06. The summed E-state index contributed by atoms with van der Waals surface area (Å²) in [6, 6.07) is 13.6. The second kappa shape index (κ2) is 8.04. The van der Waals surface area contributed by atoms with Crippen molar-refractivity contribution in [3.8, 4) is 6.07 Å². The third-order valence-corrected chi connectivity index (χ3v) is 4.18. The molecular formula is C17H25N3. The average molecular weight is 271 g/mol. The van der Waals surface area contributed by atoms with E-state index < -0.39 is 0 Å². The van der Waals surface area contributed by atoms with Gasteiger partial charge in [-0.3, -0.25) is 4.90 Å². The molecule has 1 N–H and O–H groups in total. The molecule has 2 unspecified atom stereocenters. The number of rotatable bonds is 6. The molecule has 0 amide bonds. The van der Waals surface area contributed by atoms with Crippen molar-refractivity contribution in [3.63, 3.8) is 0 Å². The Morgan fingerprint density at radius 2 is 2.15 bits per heavy atom. The topological polar surface area (TPSA) is 39.1 Å². The molecule has 3 heteroatoms. The molecule has 0 aliphatic carbocycles. The molecule has 2 rings (SSSR count). The van der Waals surface area contributed by atoms with Crippen molar-refractivity contribution in [2.45, 2.75) is 44.7 Å². The molecule has 1 aromatic rings. The molecule has 1 aliphatic rings. The lowest BCUT2D eigenvalue weighted by Crippen LogP contribution is -2.44. The summed E-state index contributed by atoms with van der Waals surface area (Å²) in [6.07, 6.45) is 4.43. The maximum absolute atomic E-state index is 9.16. The highest BCUT2D eigenvalue weighted by atomic mass is 15.2. The molecule has 1 fully saturated rings. The predicted molar refractivity (Wildman–Crippen MR) is 82.3 cm³/mol. The molecule has 0 radical (unpaired) electrons. The fraction of sp³-hybridized carbons (Fsp3) is 0.588. The van der Waals surface area contributed by atoms with Crippen molar-refractivity contribution in [3.05, 3.63) is 35.9 Å². The van der Waals surface area contributed by atoms with E-state index in [2.05, 4.69) is 47.5 Å². The molecule has 3 nitrogen and oxygen atoms in total. The zero-order valence-electron chi connectivity index (χ0n) is 12.4. The lowest BCUT2D eigenvalue weighted by Gasteiger charge is -2.34. The molecule has 0 aromatic heterocycles. The van der Waals surface area contributed by atoms with Crippen molar-refractivity contribution in [1.82, 2.24) is 10.2 Å². The van der Waals surface area contributed by atoms with Gasteiger partial charge in [0.2, 0.25) is 0 Å². The molecule has 1 aliphatic heterocycles. The van der Waals surface area contributed by atoms with Crippen LogP contribution in [0.1, 0.15) is 44.2 Å². The van der Waals surface area contributed by atoms with E-state index in [0.717, 1.165) is 19.6 Å². The van der Waals surface area contributed by atoms with Crippen molar-refractivity contribution in [1.29, 1.82) is 5.26 Å². The van der Waals surface area contributed by atoms with E-state index in [1.807, 2.05) is 6.07 Å². The first-order valence-corrected chi connectivity index (χ1v) is 7.74. The number of hydrogen-bond donors (Lipinski definition) is 1. The van der Waals surface area contributed by atoms with Gasteiger partial charge in [-0.05, 0) is 31.5 Å². The monoisotopic (exact) mass is 271 g/mol. The van der Waals surface area contributed by atoms with Crippen LogP contribution in [0.3, 0.4) is 0 Å². The maximum Gasteiger partial charge on any atom is 0.0641 e. The highest BCUT2D eigenvalue weighted by molar-refractivity contribution is 5.20. The molecule has 2 atom stereocenters. The molecule has 20 heavy (non-hydrogen) atoms. The maximum atomic E-state index is 9.16. The van der Waals surface area contributed by atoms with Gasteiger partial charge in [0, 0.05) is 18.6 Å². The number of nitrogens with one attached hydrogen (secondary N) is 1. The largest absolute Gasteiger partial charge is 0.313 e. The van der Waals surface area contributed by atoms with Crippen LogP contribution in [0.25, 0.3) is 0 Å². The smallest absolute Gasteiger partial charge is 0.0641 e. The number of piperidine rings is 1. The Kier molecular flexibility index (Phi) is 6.04. The first kappa shape index (κ1) is 15.0. The van der Waals surface area contributed by atoms with Gasteiger partial charge in [-0.2, -0.15) is 5.26 Å². The van der Waals surface area contributed by atoms with Crippen LogP contribution in [0.15, 0.2) is 30.3 Å². The Hall–Kier alpha value is -1.37. The van der Waals surface area contributed by atoms with Crippen molar-refractivity contribution < 1.29 is 0 Å². The summed E-state index contributed by atoms with van der Waals surface area (Å²) in [7, 11) is 0. The predicted octanol–water partition coefficient (Wildman–Crippen LogP) is 3.11. The van der Waals surface area contributed by atoms with Crippen molar-refractivity contribution >= 4 is 0 Å². The van der Waals surface area contributed by atoms with Crippen LogP contribution in [0.2, 0.25) is 0 Å². The van der Waals surface area contributed by atoms with Gasteiger partial charge >= 0.3 is 0 Å². The third-order valence-electron chi connectivity index (χ3n) is 4.18. The molecule has 1 saturated heterocycles. The van der Waals surface area contributed by atoms with Crippen LogP contribution in [0.4, 0.5) is 0 Å². The van der Waals surface area contributed by atoms with E-state index in [-0.39, 0.29) is 6.04 Å². The van der Waals surface area contributed by atoms with E-state index >= 15 is 0 Å². The summed E-state index contributed by atoms with van der Waals surface area (Å²) >= 11 is 0. The lowest BCUT2D eigenvalue weighted by molar-refractivity contribution is 0.175. The Labute approximate surface area is 122 Å². The Morgan fingerprint density at radius 3 is 2.75 bits per heavy atom. The van der Waals surface area contributed by atoms with Gasteiger partial charge in [0.15, 0.2) is 0 Å². The van der Waals surface area contributed by atoms with Gasteiger partial charge in [0.1, 0.15) is 0 Å². The number of nitrogens with zero attached hydrogens (tertiary/aromatic N) is 2. The molecule has 1 aromatic carbocycles. The first-order chi connectivity index (χ1) is 9.85. The van der Waals surface area contributed by atoms with Gasteiger partial charge in [-0.1, -0.05) is 43.7 Å². The van der Waals surface area contributed by atoms with Gasteiger partial charge in [-0.15, -0.1) is 0 Å². The van der Waals surface area contributed by atoms with Gasteiger partial charge in [-0.25, -0.2) is 0 Å². The molecule has 0 spiro atoms.